The second-order valence-electron chi connectivity index (χ2n) is 4.52. The average Bonchev–Trinajstić information content (AvgIpc) is 2.58. The average molecular weight is 225 g/mol. The fraction of sp³-hybridized carbons (Fsp3) is 0.667. The van der Waals surface area contributed by atoms with Gasteiger partial charge < -0.3 is 10.5 Å². The Labute approximate surface area is 95.4 Å². The highest BCUT2D eigenvalue weighted by Gasteiger charge is 2.38. The molecule has 2 rings (SSSR count). The van der Waals surface area contributed by atoms with Crippen LogP contribution in [0.4, 0.5) is 0 Å². The van der Waals surface area contributed by atoms with Gasteiger partial charge in [-0.05, 0) is 49.6 Å². The second kappa shape index (κ2) is 4.24. The monoisotopic (exact) mass is 225 g/mol. The zero-order valence-electron chi connectivity index (χ0n) is 9.45. The number of hydrogen-bond donors (Lipinski definition) is 1. The van der Waals surface area contributed by atoms with E-state index in [1.54, 1.807) is 11.3 Å². The second-order valence-corrected chi connectivity index (χ2v) is 5.47. The lowest BCUT2D eigenvalue weighted by molar-refractivity contribution is -0.0815. The lowest BCUT2D eigenvalue weighted by Gasteiger charge is -2.42. The molecule has 1 aromatic heterocycles. The Balaban J connectivity index is 2.03. The molecular formula is C12H19NOS. The maximum Gasteiger partial charge on any atom is 0.0697 e. The number of hydrogen-bond acceptors (Lipinski definition) is 3. The van der Waals surface area contributed by atoms with E-state index in [0.717, 1.165) is 6.42 Å². The molecule has 84 valence electrons. The van der Waals surface area contributed by atoms with Crippen LogP contribution in [0.3, 0.4) is 0 Å². The van der Waals surface area contributed by atoms with Crippen LogP contribution < -0.4 is 5.73 Å². The Morgan fingerprint density at radius 3 is 2.73 bits per heavy atom. The van der Waals surface area contributed by atoms with Crippen LogP contribution in [0.15, 0.2) is 11.4 Å². The summed E-state index contributed by atoms with van der Waals surface area (Å²) in [5.74, 6) is 0. The molecule has 0 radical (unpaired) electrons. The molecule has 1 aliphatic rings. The Kier molecular flexibility index (Phi) is 3.14. The van der Waals surface area contributed by atoms with E-state index in [9.17, 15) is 0 Å². The fourth-order valence-electron chi connectivity index (χ4n) is 2.32. The number of aryl methyl sites for hydroxylation is 1. The number of rotatable bonds is 4. The minimum atomic E-state index is 0.0792. The molecule has 0 aromatic carbocycles. The standard InChI is InChI=1S/C12H19NOS/c1-9-4-7-15-11(9)10(13)8-12(14-2)5-3-6-12/h4,7,10H,3,5-6,8,13H2,1-2H3. The lowest BCUT2D eigenvalue weighted by atomic mass is 9.75. The van der Waals surface area contributed by atoms with Crippen molar-refractivity contribution in [3.8, 4) is 0 Å². The van der Waals surface area contributed by atoms with Crippen LogP contribution in [-0.2, 0) is 4.74 Å². The van der Waals surface area contributed by atoms with E-state index in [4.69, 9.17) is 10.5 Å². The van der Waals surface area contributed by atoms with Gasteiger partial charge in [0.1, 0.15) is 0 Å². The molecule has 0 amide bonds. The van der Waals surface area contributed by atoms with Crippen molar-refractivity contribution in [1.29, 1.82) is 0 Å². The maximum atomic E-state index is 6.24. The molecule has 0 spiro atoms. The normalized spacial score (nSPS) is 21.0. The summed E-state index contributed by atoms with van der Waals surface area (Å²) in [6, 6.07) is 2.28. The summed E-state index contributed by atoms with van der Waals surface area (Å²) in [6.07, 6.45) is 4.58. The van der Waals surface area contributed by atoms with Gasteiger partial charge in [0.05, 0.1) is 5.60 Å². The summed E-state index contributed by atoms with van der Waals surface area (Å²) in [6.45, 7) is 2.13. The predicted octanol–water partition coefficient (Wildman–Crippen LogP) is 3.02. The van der Waals surface area contributed by atoms with E-state index >= 15 is 0 Å². The number of thiophene rings is 1. The summed E-state index contributed by atoms with van der Waals surface area (Å²) in [5.41, 5.74) is 7.64. The highest BCUT2D eigenvalue weighted by molar-refractivity contribution is 7.10. The van der Waals surface area contributed by atoms with Crippen molar-refractivity contribution >= 4 is 11.3 Å². The third kappa shape index (κ3) is 2.10. The quantitative estimate of drug-likeness (QED) is 0.855. The smallest absolute Gasteiger partial charge is 0.0697 e. The molecule has 2 nitrogen and oxygen atoms in total. The van der Waals surface area contributed by atoms with Crippen LogP contribution in [0.2, 0.25) is 0 Å². The van der Waals surface area contributed by atoms with Crippen LogP contribution in [0, 0.1) is 6.92 Å². The molecule has 1 aromatic rings. The van der Waals surface area contributed by atoms with E-state index in [1.807, 2.05) is 7.11 Å². The van der Waals surface area contributed by atoms with Crippen molar-refractivity contribution in [2.75, 3.05) is 7.11 Å². The fourth-order valence-corrected chi connectivity index (χ4v) is 3.25. The summed E-state index contributed by atoms with van der Waals surface area (Å²) in [5, 5.41) is 2.12. The van der Waals surface area contributed by atoms with Crippen LogP contribution in [-0.4, -0.2) is 12.7 Å². The molecular weight excluding hydrogens is 206 g/mol. The third-order valence-electron chi connectivity index (χ3n) is 3.53. The van der Waals surface area contributed by atoms with E-state index < -0.39 is 0 Å². The SMILES string of the molecule is COC1(CC(N)c2sccc2C)CCC1. The van der Waals surface area contributed by atoms with Gasteiger partial charge in [0.15, 0.2) is 0 Å². The molecule has 3 heteroatoms. The molecule has 2 N–H and O–H groups in total. The molecule has 1 atom stereocenters. The van der Waals surface area contributed by atoms with Gasteiger partial charge in [0, 0.05) is 18.0 Å². The maximum absolute atomic E-state index is 6.24. The summed E-state index contributed by atoms with van der Waals surface area (Å²) in [4.78, 5) is 1.32. The lowest BCUT2D eigenvalue weighted by Crippen LogP contribution is -2.41. The van der Waals surface area contributed by atoms with Gasteiger partial charge >= 0.3 is 0 Å². The van der Waals surface area contributed by atoms with Crippen molar-refractivity contribution in [1.82, 2.24) is 0 Å². The molecule has 1 saturated carbocycles. The molecule has 0 aliphatic heterocycles. The van der Waals surface area contributed by atoms with Crippen molar-refractivity contribution in [3.05, 3.63) is 21.9 Å². The Morgan fingerprint density at radius 1 is 1.60 bits per heavy atom. The molecule has 15 heavy (non-hydrogen) atoms. The summed E-state index contributed by atoms with van der Waals surface area (Å²) >= 11 is 1.76. The first-order valence-electron chi connectivity index (χ1n) is 5.52. The Bertz CT molecular complexity index is 325. The predicted molar refractivity (Wildman–Crippen MR) is 64.2 cm³/mol. The van der Waals surface area contributed by atoms with Crippen LogP contribution in [0.25, 0.3) is 0 Å². The molecule has 1 heterocycles. The third-order valence-corrected chi connectivity index (χ3v) is 4.68. The zero-order valence-corrected chi connectivity index (χ0v) is 10.3. The Morgan fingerprint density at radius 2 is 2.33 bits per heavy atom. The van der Waals surface area contributed by atoms with Crippen molar-refractivity contribution in [3.63, 3.8) is 0 Å². The highest BCUT2D eigenvalue weighted by atomic mass is 32.1. The minimum absolute atomic E-state index is 0.0792. The minimum Gasteiger partial charge on any atom is -0.378 e. The highest BCUT2D eigenvalue weighted by Crippen LogP contribution is 2.42. The Hall–Kier alpha value is -0.380. The van der Waals surface area contributed by atoms with Gasteiger partial charge in [0.25, 0.3) is 0 Å². The van der Waals surface area contributed by atoms with E-state index in [2.05, 4.69) is 18.4 Å². The van der Waals surface area contributed by atoms with Gasteiger partial charge in [-0.15, -0.1) is 11.3 Å². The number of methoxy groups -OCH3 is 1. The van der Waals surface area contributed by atoms with Crippen LogP contribution in [0.1, 0.15) is 42.2 Å². The van der Waals surface area contributed by atoms with Crippen molar-refractivity contribution in [2.45, 2.75) is 44.2 Å². The first kappa shape index (κ1) is 11.1. The van der Waals surface area contributed by atoms with E-state index in [1.165, 1.54) is 29.7 Å². The topological polar surface area (TPSA) is 35.2 Å². The number of ether oxygens (including phenoxy) is 1. The van der Waals surface area contributed by atoms with Gasteiger partial charge in [-0.1, -0.05) is 0 Å². The van der Waals surface area contributed by atoms with E-state index in [-0.39, 0.29) is 11.6 Å². The van der Waals surface area contributed by atoms with Crippen LogP contribution >= 0.6 is 11.3 Å². The van der Waals surface area contributed by atoms with Crippen molar-refractivity contribution < 1.29 is 4.74 Å². The summed E-state index contributed by atoms with van der Waals surface area (Å²) in [7, 11) is 1.81. The van der Waals surface area contributed by atoms with Gasteiger partial charge in [-0.25, -0.2) is 0 Å². The van der Waals surface area contributed by atoms with Crippen LogP contribution in [0.5, 0.6) is 0 Å². The molecule has 0 bridgehead atoms. The molecule has 1 aliphatic carbocycles. The first-order valence-corrected chi connectivity index (χ1v) is 6.39. The summed E-state index contributed by atoms with van der Waals surface area (Å²) < 4.78 is 5.61. The zero-order chi connectivity index (χ0) is 10.9. The van der Waals surface area contributed by atoms with Gasteiger partial charge in [0.2, 0.25) is 0 Å². The largest absolute Gasteiger partial charge is 0.378 e. The molecule has 0 saturated heterocycles. The van der Waals surface area contributed by atoms with E-state index in [0.29, 0.717) is 0 Å². The first-order chi connectivity index (χ1) is 7.17. The molecule has 1 unspecified atom stereocenters. The molecule has 1 fully saturated rings. The number of nitrogens with two attached hydrogens (primary N) is 1. The van der Waals surface area contributed by atoms with Gasteiger partial charge in [-0.3, -0.25) is 0 Å². The van der Waals surface area contributed by atoms with Crippen molar-refractivity contribution in [2.24, 2.45) is 5.73 Å². The van der Waals surface area contributed by atoms with Gasteiger partial charge in [-0.2, -0.15) is 0 Å².